The van der Waals surface area contributed by atoms with E-state index >= 15 is 0 Å². The molecule has 1 aliphatic heterocycles. The summed E-state index contributed by atoms with van der Waals surface area (Å²) in [6.07, 6.45) is -2.89. The van der Waals surface area contributed by atoms with Crippen LogP contribution >= 0.6 is 11.6 Å². The molecule has 0 amide bonds. The third-order valence-electron chi connectivity index (χ3n) is 6.37. The molecule has 0 aromatic heterocycles. The average molecular weight is 421 g/mol. The third-order valence-corrected chi connectivity index (χ3v) is 6.72. The van der Waals surface area contributed by atoms with Gasteiger partial charge in [0.2, 0.25) is 0 Å². The van der Waals surface area contributed by atoms with Crippen molar-refractivity contribution >= 4 is 11.6 Å². The maximum absolute atomic E-state index is 13.4. The van der Waals surface area contributed by atoms with Gasteiger partial charge in [0.1, 0.15) is 36.7 Å². The van der Waals surface area contributed by atoms with Crippen LogP contribution in [0.25, 0.3) is 0 Å². The van der Waals surface area contributed by atoms with E-state index in [1.807, 2.05) is 12.1 Å². The summed E-state index contributed by atoms with van der Waals surface area (Å²) >= 11 is 6.54. The van der Waals surface area contributed by atoms with E-state index in [4.69, 9.17) is 16.3 Å². The van der Waals surface area contributed by atoms with Crippen LogP contribution in [0.1, 0.15) is 41.2 Å². The van der Waals surface area contributed by atoms with Crippen LogP contribution in [-0.4, -0.2) is 46.4 Å². The van der Waals surface area contributed by atoms with Gasteiger partial charge >= 0.3 is 0 Å². The van der Waals surface area contributed by atoms with Gasteiger partial charge in [0, 0.05) is 5.02 Å². The van der Waals surface area contributed by atoms with Gasteiger partial charge < -0.3 is 20.1 Å². The van der Waals surface area contributed by atoms with Crippen LogP contribution in [0.5, 0.6) is 0 Å². The summed E-state index contributed by atoms with van der Waals surface area (Å²) in [5.41, 5.74) is 3.65. The molecule has 5 atom stereocenters. The number of aliphatic hydroxyl groups excluding tert-OH is 3. The third kappa shape index (κ3) is 3.49. The number of benzene rings is 2. The van der Waals surface area contributed by atoms with Crippen LogP contribution in [-0.2, 0) is 29.6 Å². The van der Waals surface area contributed by atoms with Crippen molar-refractivity contribution in [3.63, 3.8) is 0 Å². The second-order valence-corrected chi connectivity index (χ2v) is 8.48. The van der Waals surface area contributed by atoms with E-state index in [9.17, 15) is 19.7 Å². The van der Waals surface area contributed by atoms with Crippen molar-refractivity contribution in [2.75, 3.05) is 6.67 Å². The highest BCUT2D eigenvalue weighted by atomic mass is 35.5. The average Bonchev–Trinajstić information content (AvgIpc) is 3.08. The summed E-state index contributed by atoms with van der Waals surface area (Å²) in [4.78, 5) is 0. The first-order valence-corrected chi connectivity index (χ1v) is 10.4. The Bertz CT molecular complexity index is 885. The summed E-state index contributed by atoms with van der Waals surface area (Å²) in [5.74, 6) is 0. The molecule has 4 rings (SSSR count). The highest BCUT2D eigenvalue weighted by Gasteiger charge is 2.56. The molecular weight excluding hydrogens is 395 g/mol. The van der Waals surface area contributed by atoms with Crippen LogP contribution in [0, 0.1) is 0 Å². The van der Waals surface area contributed by atoms with Crippen LogP contribution in [0.15, 0.2) is 36.4 Å². The highest BCUT2D eigenvalue weighted by Crippen LogP contribution is 2.49. The minimum atomic E-state index is -1.48. The molecule has 3 N–H and O–H groups in total. The molecule has 1 aliphatic carbocycles. The van der Waals surface area contributed by atoms with Crippen LogP contribution in [0.2, 0.25) is 5.02 Å². The van der Waals surface area contributed by atoms with Gasteiger partial charge in [-0.25, -0.2) is 4.39 Å². The fraction of sp³-hybridized carbons (Fsp3) is 0.478. The molecule has 1 saturated heterocycles. The predicted molar refractivity (Wildman–Crippen MR) is 109 cm³/mol. The summed E-state index contributed by atoms with van der Waals surface area (Å²) < 4.78 is 19.3. The first kappa shape index (κ1) is 20.8. The van der Waals surface area contributed by atoms with Gasteiger partial charge in [-0.3, -0.25) is 0 Å². The topological polar surface area (TPSA) is 69.9 Å². The fourth-order valence-corrected chi connectivity index (χ4v) is 4.86. The van der Waals surface area contributed by atoms with Gasteiger partial charge in [-0.15, -0.1) is 0 Å². The van der Waals surface area contributed by atoms with Gasteiger partial charge in [0.05, 0.1) is 0 Å². The number of hydrogen-bond donors (Lipinski definition) is 3. The number of aryl methyl sites for hydroxylation is 2. The Labute approximate surface area is 174 Å². The lowest BCUT2D eigenvalue weighted by atomic mass is 9.80. The molecular formula is C23H26ClFO4. The summed E-state index contributed by atoms with van der Waals surface area (Å²) in [5, 5.41) is 31.8. The number of fused-ring (bicyclic) bond motifs is 2. The molecule has 1 spiro atoms. The van der Waals surface area contributed by atoms with Gasteiger partial charge in [-0.2, -0.15) is 0 Å². The van der Waals surface area contributed by atoms with E-state index in [1.54, 1.807) is 0 Å². The molecule has 0 unspecified atom stereocenters. The van der Waals surface area contributed by atoms with Gasteiger partial charge in [-0.1, -0.05) is 48.9 Å². The molecule has 0 radical (unpaired) electrons. The molecule has 1 heterocycles. The van der Waals surface area contributed by atoms with Crippen LogP contribution < -0.4 is 0 Å². The lowest BCUT2D eigenvalue weighted by Crippen LogP contribution is -2.62. The molecule has 0 saturated carbocycles. The van der Waals surface area contributed by atoms with E-state index < -0.39 is 36.7 Å². The van der Waals surface area contributed by atoms with E-state index in [0.717, 1.165) is 28.7 Å². The SMILES string of the molecule is CCc1ccc(Cc2cc3c(cc2Cl)CC[C@]32O[C@H](CF)[C@@H](O)[C@H](O)[C@H]2O)cc1. The number of ether oxygens (including phenoxy) is 1. The Morgan fingerprint density at radius 1 is 1.10 bits per heavy atom. The molecule has 2 aliphatic rings. The number of aliphatic hydroxyl groups is 3. The zero-order valence-electron chi connectivity index (χ0n) is 16.3. The van der Waals surface area contributed by atoms with Gasteiger partial charge in [0.15, 0.2) is 0 Å². The van der Waals surface area contributed by atoms with Crippen molar-refractivity contribution in [3.05, 3.63) is 69.2 Å². The summed E-state index contributed by atoms with van der Waals surface area (Å²) in [6, 6.07) is 12.1. The number of hydrogen-bond acceptors (Lipinski definition) is 4. The summed E-state index contributed by atoms with van der Waals surface area (Å²) in [7, 11) is 0. The zero-order valence-corrected chi connectivity index (χ0v) is 17.1. The van der Waals surface area contributed by atoms with E-state index in [2.05, 4.69) is 31.2 Å². The predicted octanol–water partition coefficient (Wildman–Crippen LogP) is 3.09. The number of alkyl halides is 1. The fourth-order valence-electron chi connectivity index (χ4n) is 4.61. The van der Waals surface area contributed by atoms with Crippen molar-refractivity contribution in [1.82, 2.24) is 0 Å². The maximum Gasteiger partial charge on any atom is 0.123 e. The van der Waals surface area contributed by atoms with E-state index in [1.165, 1.54) is 5.56 Å². The second-order valence-electron chi connectivity index (χ2n) is 8.07. The smallest absolute Gasteiger partial charge is 0.123 e. The minimum absolute atomic E-state index is 0.398. The van der Waals surface area contributed by atoms with Crippen LogP contribution in [0.3, 0.4) is 0 Å². The standard InChI is InChI=1S/C23H26ClFO4/c1-2-13-3-5-14(6-4-13)9-16-10-17-15(11-18(16)24)7-8-23(17)22(28)21(27)20(26)19(12-25)29-23/h3-6,10-11,19-22,26-28H,2,7-9,12H2,1H3/t19-,20-,21+,22-,23+/m1/s1. The lowest BCUT2D eigenvalue weighted by molar-refractivity contribution is -0.275. The van der Waals surface area contributed by atoms with E-state index in [-0.39, 0.29) is 0 Å². The van der Waals surface area contributed by atoms with Gasteiger partial charge in [-0.05, 0) is 59.6 Å². The first-order valence-electron chi connectivity index (χ1n) is 10.1. The molecule has 2 aromatic carbocycles. The number of rotatable bonds is 4. The number of halogens is 2. The Morgan fingerprint density at radius 2 is 1.79 bits per heavy atom. The Morgan fingerprint density at radius 3 is 2.45 bits per heavy atom. The second kappa shape index (κ2) is 7.97. The quantitative estimate of drug-likeness (QED) is 0.711. The van der Waals surface area contributed by atoms with Crippen LogP contribution in [0.4, 0.5) is 4.39 Å². The van der Waals surface area contributed by atoms with Gasteiger partial charge in [0.25, 0.3) is 0 Å². The molecule has 4 nitrogen and oxygen atoms in total. The van der Waals surface area contributed by atoms with E-state index in [0.29, 0.717) is 24.3 Å². The van der Waals surface area contributed by atoms with Crippen molar-refractivity contribution in [1.29, 1.82) is 0 Å². The Kier molecular flexibility index (Phi) is 5.70. The molecule has 156 valence electrons. The monoisotopic (exact) mass is 420 g/mol. The van der Waals surface area contributed by atoms with Crippen molar-refractivity contribution in [3.8, 4) is 0 Å². The molecule has 2 aromatic rings. The Balaban J connectivity index is 1.71. The minimum Gasteiger partial charge on any atom is -0.387 e. The highest BCUT2D eigenvalue weighted by molar-refractivity contribution is 6.31. The molecule has 6 heteroatoms. The molecule has 1 fully saturated rings. The lowest BCUT2D eigenvalue weighted by Gasteiger charge is -2.47. The normalized spacial score (nSPS) is 31.2. The maximum atomic E-state index is 13.4. The van der Waals surface area contributed by atoms with Crippen molar-refractivity contribution in [2.45, 2.75) is 62.6 Å². The summed E-state index contributed by atoms with van der Waals surface area (Å²) in [6.45, 7) is 1.17. The van der Waals surface area contributed by atoms with Crippen molar-refractivity contribution < 1.29 is 24.4 Å². The largest absolute Gasteiger partial charge is 0.387 e. The molecule has 29 heavy (non-hydrogen) atoms. The first-order chi connectivity index (χ1) is 13.9. The van der Waals surface area contributed by atoms with Crippen molar-refractivity contribution in [2.24, 2.45) is 0 Å². The molecule has 0 bridgehead atoms. The Hall–Kier alpha value is -1.50. The zero-order chi connectivity index (χ0) is 20.8.